The van der Waals surface area contributed by atoms with Crippen LogP contribution in [0.1, 0.15) is 33.1 Å². The van der Waals surface area contributed by atoms with Crippen LogP contribution in [-0.2, 0) is 0 Å². The summed E-state index contributed by atoms with van der Waals surface area (Å²) in [7, 11) is 0. The van der Waals surface area contributed by atoms with Crippen molar-refractivity contribution < 1.29 is 0 Å². The summed E-state index contributed by atoms with van der Waals surface area (Å²) in [5.41, 5.74) is 0. The highest BCUT2D eigenvalue weighted by atomic mass is 14.4. The van der Waals surface area contributed by atoms with Crippen molar-refractivity contribution >= 4 is 0 Å². The Morgan fingerprint density at radius 1 is 1.00 bits per heavy atom. The maximum absolute atomic E-state index is 2.33. The van der Waals surface area contributed by atoms with Crippen LogP contribution in [-0.4, -0.2) is 0 Å². The first-order chi connectivity index (χ1) is 4.47. The number of allylic oxidation sites excluding steroid dienone is 2. The predicted molar refractivity (Wildman–Crippen MR) is 41.3 cm³/mol. The van der Waals surface area contributed by atoms with E-state index in [0.717, 1.165) is 11.8 Å². The molecule has 0 aliphatic heterocycles. The summed E-state index contributed by atoms with van der Waals surface area (Å²) in [6.45, 7) is 4.00. The van der Waals surface area contributed by atoms with E-state index < -0.39 is 0 Å². The van der Waals surface area contributed by atoms with Crippen molar-refractivity contribution in [3.8, 4) is 0 Å². The van der Waals surface area contributed by atoms with Crippen LogP contribution >= 0.6 is 0 Å². The zero-order valence-electron chi connectivity index (χ0n) is 6.43. The third-order valence-electron chi connectivity index (χ3n) is 2.11. The van der Waals surface area contributed by atoms with Crippen molar-refractivity contribution in [3.63, 3.8) is 0 Å². The van der Waals surface area contributed by atoms with Gasteiger partial charge in [-0.15, -0.1) is 0 Å². The molecule has 2 unspecified atom stereocenters. The van der Waals surface area contributed by atoms with Crippen LogP contribution in [0.4, 0.5) is 0 Å². The van der Waals surface area contributed by atoms with E-state index in [1.54, 1.807) is 0 Å². The Morgan fingerprint density at radius 2 is 1.44 bits per heavy atom. The molecular formula is C9H16. The molecule has 1 saturated carbocycles. The Bertz CT molecular complexity index is 90.6. The first-order valence-corrected chi connectivity index (χ1v) is 4.12. The van der Waals surface area contributed by atoms with Gasteiger partial charge in [0, 0.05) is 0 Å². The van der Waals surface area contributed by atoms with Crippen LogP contribution in [0.2, 0.25) is 0 Å². The second kappa shape index (κ2) is 3.05. The van der Waals surface area contributed by atoms with E-state index in [1.165, 1.54) is 19.3 Å². The van der Waals surface area contributed by atoms with E-state index in [9.17, 15) is 0 Å². The van der Waals surface area contributed by atoms with Gasteiger partial charge in [0.25, 0.3) is 0 Å². The first kappa shape index (κ1) is 6.85. The lowest BCUT2D eigenvalue weighted by Gasteiger charge is -1.96. The topological polar surface area (TPSA) is 0 Å². The van der Waals surface area contributed by atoms with E-state index in [-0.39, 0.29) is 0 Å². The van der Waals surface area contributed by atoms with Crippen LogP contribution < -0.4 is 0 Å². The minimum Gasteiger partial charge on any atom is -0.0882 e. The van der Waals surface area contributed by atoms with Crippen molar-refractivity contribution in [2.75, 3.05) is 0 Å². The fourth-order valence-corrected chi connectivity index (χ4v) is 1.43. The van der Waals surface area contributed by atoms with Crippen molar-refractivity contribution in [2.24, 2.45) is 11.8 Å². The quantitative estimate of drug-likeness (QED) is 0.435. The molecule has 2 atom stereocenters. The fraction of sp³-hybridized carbons (Fsp3) is 0.778. The molecule has 0 radical (unpaired) electrons. The lowest BCUT2D eigenvalue weighted by atomic mass is 10.1. The largest absolute Gasteiger partial charge is 0.0882 e. The van der Waals surface area contributed by atoms with Gasteiger partial charge in [0.15, 0.2) is 0 Å². The molecule has 0 aromatic carbocycles. The monoisotopic (exact) mass is 124 g/mol. The van der Waals surface area contributed by atoms with Gasteiger partial charge in [0.05, 0.1) is 0 Å². The minimum atomic E-state index is 1.12. The van der Waals surface area contributed by atoms with E-state index >= 15 is 0 Å². The lowest BCUT2D eigenvalue weighted by molar-refractivity contribution is 0.689. The summed E-state index contributed by atoms with van der Waals surface area (Å²) < 4.78 is 0. The van der Waals surface area contributed by atoms with Gasteiger partial charge in [0.2, 0.25) is 0 Å². The van der Waals surface area contributed by atoms with Gasteiger partial charge < -0.3 is 0 Å². The molecule has 0 aromatic heterocycles. The maximum atomic E-state index is 2.33. The number of rotatable bonds is 0. The van der Waals surface area contributed by atoms with Crippen LogP contribution in [0.15, 0.2) is 12.2 Å². The summed E-state index contributed by atoms with van der Waals surface area (Å²) in [5, 5.41) is 0. The molecule has 0 saturated heterocycles. The zero-order valence-corrected chi connectivity index (χ0v) is 6.43. The van der Waals surface area contributed by atoms with Gasteiger partial charge in [-0.2, -0.15) is 0 Å². The third-order valence-corrected chi connectivity index (χ3v) is 2.11. The van der Waals surface area contributed by atoms with Gasteiger partial charge in [-0.1, -0.05) is 26.0 Å². The summed E-state index contributed by atoms with van der Waals surface area (Å²) >= 11 is 0. The predicted octanol–water partition coefficient (Wildman–Crippen LogP) is 3.00. The average molecular weight is 124 g/mol. The fourth-order valence-electron chi connectivity index (χ4n) is 1.43. The van der Waals surface area contributed by atoms with E-state index in [2.05, 4.69) is 12.2 Å². The van der Waals surface area contributed by atoms with E-state index in [0.29, 0.717) is 0 Å². The van der Waals surface area contributed by atoms with E-state index in [4.69, 9.17) is 0 Å². The molecular weight excluding hydrogens is 108 g/mol. The molecule has 0 bridgehead atoms. The molecule has 9 heavy (non-hydrogen) atoms. The normalized spacial score (nSPS) is 36.2. The number of fused-ring (bicyclic) bond motifs is 1. The molecule has 0 aromatic rings. The van der Waals surface area contributed by atoms with Gasteiger partial charge in [-0.05, 0) is 31.1 Å². The van der Waals surface area contributed by atoms with Crippen LogP contribution in [0.3, 0.4) is 0 Å². The SMILES string of the molecule is C1=CCC2CC2C1.CC. The standard InChI is InChI=1S/C7H10.C2H6/c1-2-4-7-5-6(7)3-1;1-2/h1-2,6-7H,3-5H2;1-2H3. The molecule has 52 valence electrons. The molecule has 0 amide bonds. The minimum absolute atomic E-state index is 1.12. The Kier molecular flexibility index (Phi) is 2.32. The Labute approximate surface area is 58.0 Å². The van der Waals surface area contributed by atoms with Crippen molar-refractivity contribution in [1.82, 2.24) is 0 Å². The lowest BCUT2D eigenvalue weighted by Crippen LogP contribution is -1.83. The van der Waals surface area contributed by atoms with Gasteiger partial charge in [0.1, 0.15) is 0 Å². The highest BCUT2D eigenvalue weighted by molar-refractivity contribution is 5.02. The number of hydrogen-bond donors (Lipinski definition) is 0. The molecule has 0 N–H and O–H groups in total. The van der Waals surface area contributed by atoms with Gasteiger partial charge in [-0.25, -0.2) is 0 Å². The highest BCUT2D eigenvalue weighted by Gasteiger charge is 2.36. The zero-order chi connectivity index (χ0) is 6.69. The molecule has 1 fully saturated rings. The summed E-state index contributed by atoms with van der Waals surface area (Å²) in [4.78, 5) is 0. The van der Waals surface area contributed by atoms with E-state index in [1.807, 2.05) is 13.8 Å². The molecule has 0 heteroatoms. The molecule has 2 aliphatic rings. The van der Waals surface area contributed by atoms with Crippen molar-refractivity contribution in [1.29, 1.82) is 0 Å². The summed E-state index contributed by atoms with van der Waals surface area (Å²) in [5.74, 6) is 2.23. The Balaban J connectivity index is 0.000000186. The van der Waals surface area contributed by atoms with Gasteiger partial charge >= 0.3 is 0 Å². The Hall–Kier alpha value is -0.260. The Morgan fingerprint density at radius 3 is 1.78 bits per heavy atom. The maximum Gasteiger partial charge on any atom is -0.0319 e. The summed E-state index contributed by atoms with van der Waals surface area (Å²) in [6, 6.07) is 0. The molecule has 0 nitrogen and oxygen atoms in total. The molecule has 0 spiro atoms. The highest BCUT2D eigenvalue weighted by Crippen LogP contribution is 2.46. The van der Waals surface area contributed by atoms with Crippen molar-refractivity contribution in [2.45, 2.75) is 33.1 Å². The van der Waals surface area contributed by atoms with Crippen LogP contribution in [0, 0.1) is 11.8 Å². The molecule has 2 rings (SSSR count). The van der Waals surface area contributed by atoms with Gasteiger partial charge in [-0.3, -0.25) is 0 Å². The van der Waals surface area contributed by atoms with Crippen molar-refractivity contribution in [3.05, 3.63) is 12.2 Å². The third kappa shape index (κ3) is 1.57. The van der Waals surface area contributed by atoms with Crippen LogP contribution in [0.25, 0.3) is 0 Å². The second-order valence-electron chi connectivity index (χ2n) is 2.70. The smallest absolute Gasteiger partial charge is 0.0319 e. The summed E-state index contributed by atoms with van der Waals surface area (Å²) in [6.07, 6.45) is 8.94. The molecule has 0 heterocycles. The average Bonchev–Trinajstić information content (AvgIpc) is 2.69. The first-order valence-electron chi connectivity index (χ1n) is 4.12. The number of hydrogen-bond acceptors (Lipinski definition) is 0. The second-order valence-corrected chi connectivity index (χ2v) is 2.70. The van der Waals surface area contributed by atoms with Crippen LogP contribution in [0.5, 0.6) is 0 Å². The molecule has 2 aliphatic carbocycles.